The van der Waals surface area contributed by atoms with Gasteiger partial charge in [0.05, 0.1) is 4.92 Å². The number of amides is 1. The van der Waals surface area contributed by atoms with Crippen molar-refractivity contribution in [3.8, 4) is 11.8 Å². The van der Waals surface area contributed by atoms with Crippen LogP contribution in [0.4, 0.5) is 16.2 Å². The predicted octanol–water partition coefficient (Wildman–Crippen LogP) is 3.15. The Balaban J connectivity index is 1.80. The minimum atomic E-state index is -0.530. The van der Waals surface area contributed by atoms with E-state index in [1.807, 2.05) is 30.3 Å². The molecule has 2 aromatic rings. The fourth-order valence-corrected chi connectivity index (χ4v) is 2.17. The fraction of sp³-hybridized carbons (Fsp3) is 0.211. The van der Waals surface area contributed by atoms with Crippen LogP contribution >= 0.6 is 0 Å². The van der Waals surface area contributed by atoms with Crippen molar-refractivity contribution in [3.63, 3.8) is 0 Å². The Hall–Kier alpha value is -3.53. The zero-order valence-electron chi connectivity index (χ0n) is 14.3. The lowest BCUT2D eigenvalue weighted by Crippen LogP contribution is -2.24. The first kappa shape index (κ1) is 18.8. The molecular weight excluding hydrogens is 334 g/mol. The summed E-state index contributed by atoms with van der Waals surface area (Å²) in [4.78, 5) is 22.0. The van der Waals surface area contributed by atoms with Crippen LogP contribution in [-0.2, 0) is 11.3 Å². The van der Waals surface area contributed by atoms with E-state index in [0.29, 0.717) is 24.1 Å². The standard InChI is InChI=1S/C19H19N3O4/c1-14-11-16(12-17(18(14)20)22(24)25)9-5-6-10-21-19(23)26-13-15-7-3-2-4-8-15/h2-4,7-8,11-12H,6,10,13,20H2,1H3,(H,21,23). The summed E-state index contributed by atoms with van der Waals surface area (Å²) in [5.41, 5.74) is 7.69. The van der Waals surface area contributed by atoms with Crippen molar-refractivity contribution in [2.75, 3.05) is 12.3 Å². The van der Waals surface area contributed by atoms with E-state index in [1.54, 1.807) is 13.0 Å². The number of aryl methyl sites for hydroxylation is 1. The molecule has 7 heteroatoms. The third-order valence-corrected chi connectivity index (χ3v) is 3.53. The number of anilines is 1. The second kappa shape index (κ2) is 9.08. The third-order valence-electron chi connectivity index (χ3n) is 3.53. The highest BCUT2D eigenvalue weighted by Gasteiger charge is 2.14. The minimum Gasteiger partial charge on any atom is -0.445 e. The van der Waals surface area contributed by atoms with Gasteiger partial charge in [-0.2, -0.15) is 0 Å². The van der Waals surface area contributed by atoms with E-state index >= 15 is 0 Å². The molecule has 134 valence electrons. The number of nitrogens with two attached hydrogens (primary N) is 1. The number of benzene rings is 2. The summed E-state index contributed by atoms with van der Waals surface area (Å²) in [6.45, 7) is 2.21. The van der Waals surface area contributed by atoms with E-state index < -0.39 is 11.0 Å². The van der Waals surface area contributed by atoms with Crippen molar-refractivity contribution in [3.05, 3.63) is 69.3 Å². The summed E-state index contributed by atoms with van der Waals surface area (Å²) in [5, 5.41) is 13.6. The number of hydrogen-bond acceptors (Lipinski definition) is 5. The molecule has 0 aliphatic rings. The topological polar surface area (TPSA) is 107 Å². The number of nitrogen functional groups attached to an aromatic ring is 1. The lowest BCUT2D eigenvalue weighted by atomic mass is 10.1. The fourth-order valence-electron chi connectivity index (χ4n) is 2.17. The largest absolute Gasteiger partial charge is 0.445 e. The number of ether oxygens (including phenoxy) is 1. The van der Waals surface area contributed by atoms with Gasteiger partial charge in [-0.3, -0.25) is 10.1 Å². The molecule has 0 bridgehead atoms. The molecule has 0 spiro atoms. The molecule has 2 rings (SSSR count). The van der Waals surface area contributed by atoms with Gasteiger partial charge in [0.25, 0.3) is 5.69 Å². The molecule has 3 N–H and O–H groups in total. The van der Waals surface area contributed by atoms with Crippen molar-refractivity contribution in [2.45, 2.75) is 20.0 Å². The molecule has 0 fully saturated rings. The number of carbonyl (C=O) groups excluding carboxylic acids is 1. The number of hydrogen-bond donors (Lipinski definition) is 2. The number of nitro benzene ring substituents is 1. The van der Waals surface area contributed by atoms with Crippen LogP contribution in [0.25, 0.3) is 0 Å². The van der Waals surface area contributed by atoms with Crippen molar-refractivity contribution >= 4 is 17.5 Å². The Bertz CT molecular complexity index is 854. The molecule has 0 aliphatic heterocycles. The molecule has 2 aromatic carbocycles. The van der Waals surface area contributed by atoms with Gasteiger partial charge in [0.2, 0.25) is 0 Å². The van der Waals surface area contributed by atoms with Crippen LogP contribution in [0.1, 0.15) is 23.1 Å². The van der Waals surface area contributed by atoms with Crippen LogP contribution in [0.15, 0.2) is 42.5 Å². The summed E-state index contributed by atoms with van der Waals surface area (Å²) >= 11 is 0. The predicted molar refractivity (Wildman–Crippen MR) is 98.4 cm³/mol. The van der Waals surface area contributed by atoms with E-state index in [1.165, 1.54) is 6.07 Å². The number of nitro groups is 1. The molecule has 0 aliphatic carbocycles. The van der Waals surface area contributed by atoms with Gasteiger partial charge in [0.1, 0.15) is 12.3 Å². The van der Waals surface area contributed by atoms with Gasteiger partial charge < -0.3 is 15.8 Å². The zero-order valence-corrected chi connectivity index (χ0v) is 14.3. The molecule has 7 nitrogen and oxygen atoms in total. The van der Waals surface area contributed by atoms with Gasteiger partial charge in [0, 0.05) is 24.6 Å². The van der Waals surface area contributed by atoms with E-state index in [9.17, 15) is 14.9 Å². The van der Waals surface area contributed by atoms with Crippen molar-refractivity contribution < 1.29 is 14.5 Å². The smallest absolute Gasteiger partial charge is 0.407 e. The Morgan fingerprint density at radius 2 is 2.04 bits per heavy atom. The van der Waals surface area contributed by atoms with Crippen molar-refractivity contribution in [1.82, 2.24) is 5.32 Å². The molecule has 0 heterocycles. The monoisotopic (exact) mass is 353 g/mol. The summed E-state index contributed by atoms with van der Waals surface area (Å²) in [5.74, 6) is 5.70. The molecular formula is C19H19N3O4. The average Bonchev–Trinajstić information content (AvgIpc) is 2.63. The third kappa shape index (κ3) is 5.53. The lowest BCUT2D eigenvalue weighted by Gasteiger charge is -2.05. The van der Waals surface area contributed by atoms with Gasteiger partial charge in [-0.15, -0.1) is 0 Å². The maximum absolute atomic E-state index is 11.6. The van der Waals surface area contributed by atoms with Crippen LogP contribution in [-0.4, -0.2) is 17.6 Å². The van der Waals surface area contributed by atoms with Crippen LogP contribution in [0, 0.1) is 28.9 Å². The molecule has 1 amide bonds. The van der Waals surface area contributed by atoms with E-state index in [0.717, 1.165) is 5.56 Å². The average molecular weight is 353 g/mol. The number of carbonyl (C=O) groups is 1. The molecule has 26 heavy (non-hydrogen) atoms. The Morgan fingerprint density at radius 3 is 2.73 bits per heavy atom. The molecule has 0 atom stereocenters. The highest BCUT2D eigenvalue weighted by Crippen LogP contribution is 2.26. The summed E-state index contributed by atoms with van der Waals surface area (Å²) < 4.78 is 5.08. The quantitative estimate of drug-likeness (QED) is 0.282. The summed E-state index contributed by atoms with van der Waals surface area (Å²) in [6.07, 6.45) is -0.132. The Labute approximate surface area is 151 Å². The van der Waals surface area contributed by atoms with E-state index in [2.05, 4.69) is 17.2 Å². The first-order valence-electron chi connectivity index (χ1n) is 7.95. The van der Waals surface area contributed by atoms with Gasteiger partial charge in [0.15, 0.2) is 0 Å². The number of alkyl carbamates (subject to hydrolysis) is 1. The highest BCUT2D eigenvalue weighted by molar-refractivity contribution is 5.67. The Kier molecular flexibility index (Phi) is 6.57. The molecule has 0 aromatic heterocycles. The van der Waals surface area contributed by atoms with Crippen LogP contribution in [0.2, 0.25) is 0 Å². The number of nitrogens with one attached hydrogen (secondary N) is 1. The van der Waals surface area contributed by atoms with Gasteiger partial charge >= 0.3 is 6.09 Å². The summed E-state index contributed by atoms with van der Waals surface area (Å²) in [7, 11) is 0. The normalized spacial score (nSPS) is 9.73. The number of nitrogens with zero attached hydrogens (tertiary/aromatic N) is 1. The minimum absolute atomic E-state index is 0.142. The van der Waals surface area contributed by atoms with Crippen molar-refractivity contribution in [2.24, 2.45) is 0 Å². The highest BCUT2D eigenvalue weighted by atomic mass is 16.6. The van der Waals surface area contributed by atoms with Gasteiger partial charge in [-0.25, -0.2) is 4.79 Å². The van der Waals surface area contributed by atoms with E-state index in [-0.39, 0.29) is 18.0 Å². The van der Waals surface area contributed by atoms with Crippen molar-refractivity contribution in [1.29, 1.82) is 0 Å². The van der Waals surface area contributed by atoms with Crippen LogP contribution < -0.4 is 11.1 Å². The summed E-state index contributed by atoms with van der Waals surface area (Å²) in [6, 6.07) is 12.4. The molecule has 0 unspecified atom stereocenters. The molecule has 0 saturated carbocycles. The SMILES string of the molecule is Cc1cc(C#CCCNC(=O)OCc2ccccc2)cc([N+](=O)[O-])c1N. The maximum atomic E-state index is 11.6. The Morgan fingerprint density at radius 1 is 1.31 bits per heavy atom. The number of rotatable bonds is 5. The first-order valence-corrected chi connectivity index (χ1v) is 7.95. The zero-order chi connectivity index (χ0) is 18.9. The molecule has 0 saturated heterocycles. The van der Waals surface area contributed by atoms with E-state index in [4.69, 9.17) is 10.5 Å². The lowest BCUT2D eigenvalue weighted by molar-refractivity contribution is -0.383. The van der Waals surface area contributed by atoms with Crippen LogP contribution in [0.3, 0.4) is 0 Å². The first-order chi connectivity index (χ1) is 12.5. The van der Waals surface area contributed by atoms with Gasteiger partial charge in [-0.1, -0.05) is 42.2 Å². The second-order valence-corrected chi connectivity index (χ2v) is 5.52. The second-order valence-electron chi connectivity index (χ2n) is 5.52. The maximum Gasteiger partial charge on any atom is 0.407 e. The van der Waals surface area contributed by atoms with Crippen LogP contribution in [0.5, 0.6) is 0 Å². The van der Waals surface area contributed by atoms with Gasteiger partial charge in [-0.05, 0) is 24.1 Å². The molecule has 0 radical (unpaired) electrons.